The molecule has 154 valence electrons. The summed E-state index contributed by atoms with van der Waals surface area (Å²) < 4.78 is 4.16. The van der Waals surface area contributed by atoms with Crippen molar-refractivity contribution in [3.8, 4) is 0 Å². The fourth-order valence-corrected chi connectivity index (χ4v) is 4.00. The summed E-state index contributed by atoms with van der Waals surface area (Å²) in [6.45, 7) is 7.68. The first kappa shape index (κ1) is 20.0. The summed E-state index contributed by atoms with van der Waals surface area (Å²) in [4.78, 5) is 14.9. The highest BCUT2D eigenvalue weighted by molar-refractivity contribution is 5.99. The highest BCUT2D eigenvalue weighted by atomic mass is 16.2. The molecule has 0 N–H and O–H groups in total. The molecule has 2 aromatic heterocycles. The lowest BCUT2D eigenvalue weighted by Gasteiger charge is -2.17. The standard InChI is InChI=1S/C25H28N4O/c1-17-18(2)29(15-20-9-7-6-8-10-20)24-12-11-21(13-23(17)24)25(30)27(4)16-22-14-26-28(5)19(22)3/h6-14H,15-16H2,1-5H3. The lowest BCUT2D eigenvalue weighted by molar-refractivity contribution is 0.0785. The zero-order chi connectivity index (χ0) is 21.4. The Bertz CT molecular complexity index is 1220. The van der Waals surface area contributed by atoms with E-state index in [0.29, 0.717) is 12.1 Å². The van der Waals surface area contributed by atoms with Gasteiger partial charge in [-0.15, -0.1) is 0 Å². The molecule has 30 heavy (non-hydrogen) atoms. The minimum absolute atomic E-state index is 0.0213. The largest absolute Gasteiger partial charge is 0.340 e. The maximum atomic E-state index is 13.1. The summed E-state index contributed by atoms with van der Waals surface area (Å²) in [7, 11) is 3.76. The molecule has 0 radical (unpaired) electrons. The normalized spacial score (nSPS) is 11.2. The van der Waals surface area contributed by atoms with E-state index in [1.165, 1.54) is 16.8 Å². The molecule has 0 aliphatic carbocycles. The molecule has 0 spiro atoms. The van der Waals surface area contributed by atoms with Crippen LogP contribution in [0.5, 0.6) is 0 Å². The number of amides is 1. The zero-order valence-electron chi connectivity index (χ0n) is 18.3. The molecule has 0 unspecified atom stereocenters. The smallest absolute Gasteiger partial charge is 0.253 e. The summed E-state index contributed by atoms with van der Waals surface area (Å²) in [5.74, 6) is 0.0213. The first-order valence-electron chi connectivity index (χ1n) is 10.2. The third-order valence-corrected chi connectivity index (χ3v) is 6.16. The molecular formula is C25H28N4O. The summed E-state index contributed by atoms with van der Waals surface area (Å²) in [6, 6.07) is 16.5. The van der Waals surface area contributed by atoms with Crippen LogP contribution in [-0.4, -0.2) is 32.2 Å². The van der Waals surface area contributed by atoms with E-state index < -0.39 is 0 Å². The van der Waals surface area contributed by atoms with Crippen molar-refractivity contribution in [2.45, 2.75) is 33.9 Å². The average Bonchev–Trinajstić information content (AvgIpc) is 3.19. The van der Waals surface area contributed by atoms with E-state index in [9.17, 15) is 4.79 Å². The fraction of sp³-hybridized carbons (Fsp3) is 0.280. The van der Waals surface area contributed by atoms with E-state index in [2.05, 4.69) is 53.8 Å². The Balaban J connectivity index is 1.64. The number of fused-ring (bicyclic) bond motifs is 1. The molecule has 1 amide bonds. The number of benzene rings is 2. The highest BCUT2D eigenvalue weighted by Gasteiger charge is 2.18. The summed E-state index contributed by atoms with van der Waals surface area (Å²) in [6.07, 6.45) is 1.83. The van der Waals surface area contributed by atoms with Crippen LogP contribution < -0.4 is 0 Å². The van der Waals surface area contributed by atoms with Crippen LogP contribution in [0.3, 0.4) is 0 Å². The average molecular weight is 401 g/mol. The Labute approximate surface area is 177 Å². The van der Waals surface area contributed by atoms with Crippen LogP contribution in [0, 0.1) is 20.8 Å². The molecule has 0 aliphatic heterocycles. The van der Waals surface area contributed by atoms with E-state index in [1.54, 1.807) is 4.90 Å². The number of hydrogen-bond acceptors (Lipinski definition) is 2. The van der Waals surface area contributed by atoms with Crippen molar-refractivity contribution >= 4 is 16.8 Å². The third-order valence-electron chi connectivity index (χ3n) is 6.16. The number of carbonyl (C=O) groups excluding carboxylic acids is 1. The molecule has 0 bridgehead atoms. The first-order chi connectivity index (χ1) is 14.4. The quantitative estimate of drug-likeness (QED) is 0.491. The van der Waals surface area contributed by atoms with Crippen LogP contribution in [0.2, 0.25) is 0 Å². The number of hydrogen-bond donors (Lipinski definition) is 0. The molecule has 4 rings (SSSR count). The zero-order valence-corrected chi connectivity index (χ0v) is 18.3. The fourth-order valence-electron chi connectivity index (χ4n) is 4.00. The van der Waals surface area contributed by atoms with E-state index in [0.717, 1.165) is 28.7 Å². The maximum absolute atomic E-state index is 13.1. The minimum Gasteiger partial charge on any atom is -0.340 e. The van der Waals surface area contributed by atoms with Gasteiger partial charge in [0.2, 0.25) is 0 Å². The lowest BCUT2D eigenvalue weighted by atomic mass is 10.1. The van der Waals surface area contributed by atoms with Crippen LogP contribution in [0.1, 0.15) is 38.4 Å². The van der Waals surface area contributed by atoms with Crippen LogP contribution in [0.25, 0.3) is 10.9 Å². The van der Waals surface area contributed by atoms with Gasteiger partial charge in [0, 0.05) is 60.6 Å². The Kier molecular flexibility index (Phi) is 5.20. The Morgan fingerprint density at radius 1 is 1.03 bits per heavy atom. The van der Waals surface area contributed by atoms with Gasteiger partial charge in [-0.1, -0.05) is 30.3 Å². The molecule has 2 aromatic carbocycles. The lowest BCUT2D eigenvalue weighted by Crippen LogP contribution is -2.26. The summed E-state index contributed by atoms with van der Waals surface area (Å²) >= 11 is 0. The Hall–Kier alpha value is -3.34. The van der Waals surface area contributed by atoms with Gasteiger partial charge >= 0.3 is 0 Å². The predicted molar refractivity (Wildman–Crippen MR) is 121 cm³/mol. The van der Waals surface area contributed by atoms with Gasteiger partial charge in [-0.05, 0) is 50.1 Å². The number of carbonyl (C=O) groups is 1. The van der Waals surface area contributed by atoms with Crippen molar-refractivity contribution in [2.24, 2.45) is 7.05 Å². The molecular weight excluding hydrogens is 372 g/mol. The topological polar surface area (TPSA) is 43.1 Å². The second-order valence-electron chi connectivity index (χ2n) is 8.05. The highest BCUT2D eigenvalue weighted by Crippen LogP contribution is 2.28. The second kappa shape index (κ2) is 7.82. The molecule has 2 heterocycles. The van der Waals surface area contributed by atoms with Crippen LogP contribution >= 0.6 is 0 Å². The minimum atomic E-state index is 0.0213. The van der Waals surface area contributed by atoms with E-state index in [-0.39, 0.29) is 5.91 Å². The molecule has 0 saturated heterocycles. The van der Waals surface area contributed by atoms with Crippen LogP contribution in [0.4, 0.5) is 0 Å². The predicted octanol–water partition coefficient (Wildman–Crippen LogP) is 4.62. The molecule has 5 nitrogen and oxygen atoms in total. The van der Waals surface area contributed by atoms with Gasteiger partial charge in [-0.3, -0.25) is 9.48 Å². The van der Waals surface area contributed by atoms with Crippen molar-refractivity contribution in [3.05, 3.63) is 88.4 Å². The monoisotopic (exact) mass is 400 g/mol. The van der Waals surface area contributed by atoms with Crippen LogP contribution in [0.15, 0.2) is 54.7 Å². The number of nitrogens with zero attached hydrogens (tertiary/aromatic N) is 4. The van der Waals surface area contributed by atoms with E-state index in [4.69, 9.17) is 0 Å². The molecule has 0 saturated carbocycles. The first-order valence-corrected chi connectivity index (χ1v) is 10.2. The van der Waals surface area contributed by atoms with Gasteiger partial charge in [0.1, 0.15) is 0 Å². The van der Waals surface area contributed by atoms with Gasteiger partial charge in [0.05, 0.1) is 6.20 Å². The second-order valence-corrected chi connectivity index (χ2v) is 8.05. The van der Waals surface area contributed by atoms with Crippen molar-refractivity contribution in [1.82, 2.24) is 19.2 Å². The number of aryl methyl sites for hydroxylation is 2. The Morgan fingerprint density at radius 3 is 2.43 bits per heavy atom. The Morgan fingerprint density at radius 2 is 1.77 bits per heavy atom. The molecule has 4 aromatic rings. The maximum Gasteiger partial charge on any atom is 0.253 e. The molecule has 0 aliphatic rings. The summed E-state index contributed by atoms with van der Waals surface area (Å²) in [5.41, 5.74) is 7.75. The van der Waals surface area contributed by atoms with Crippen LogP contribution in [-0.2, 0) is 20.1 Å². The van der Waals surface area contributed by atoms with E-state index in [1.807, 2.05) is 50.1 Å². The van der Waals surface area contributed by atoms with Gasteiger partial charge in [0.25, 0.3) is 5.91 Å². The molecule has 0 fully saturated rings. The van der Waals surface area contributed by atoms with Gasteiger partial charge in [-0.2, -0.15) is 5.10 Å². The van der Waals surface area contributed by atoms with E-state index >= 15 is 0 Å². The van der Waals surface area contributed by atoms with Gasteiger partial charge in [0.15, 0.2) is 0 Å². The number of aromatic nitrogens is 3. The number of rotatable bonds is 5. The van der Waals surface area contributed by atoms with Gasteiger partial charge < -0.3 is 9.47 Å². The summed E-state index contributed by atoms with van der Waals surface area (Å²) in [5, 5.41) is 5.42. The molecule has 5 heteroatoms. The van der Waals surface area contributed by atoms with Crippen molar-refractivity contribution < 1.29 is 4.79 Å². The van der Waals surface area contributed by atoms with Crippen molar-refractivity contribution in [2.75, 3.05) is 7.05 Å². The molecule has 0 atom stereocenters. The van der Waals surface area contributed by atoms with Crippen molar-refractivity contribution in [3.63, 3.8) is 0 Å². The third kappa shape index (κ3) is 3.52. The SMILES string of the molecule is Cc1c(C)n(Cc2ccccc2)c2ccc(C(=O)N(C)Cc3cnn(C)c3C)cc12. The van der Waals surface area contributed by atoms with Gasteiger partial charge in [-0.25, -0.2) is 0 Å². The van der Waals surface area contributed by atoms with Crippen molar-refractivity contribution in [1.29, 1.82) is 0 Å².